The van der Waals surface area contributed by atoms with Crippen LogP contribution in [0.25, 0.3) is 0 Å². The Hall–Kier alpha value is -0.130. The molecule has 1 aliphatic heterocycles. The molecule has 1 rings (SSSR count). The second-order valence-electron chi connectivity index (χ2n) is 3.36. The number of sulfone groups is 1. The zero-order valence-electron chi connectivity index (χ0n) is 7.23. The fourth-order valence-corrected chi connectivity index (χ4v) is 2.92. The van der Waals surface area contributed by atoms with Crippen molar-refractivity contribution in [3.8, 4) is 0 Å². The van der Waals surface area contributed by atoms with Gasteiger partial charge in [-0.2, -0.15) is 0 Å². The maximum Gasteiger partial charge on any atom is 0.163 e. The van der Waals surface area contributed by atoms with E-state index in [1.54, 1.807) is 11.8 Å². The van der Waals surface area contributed by atoms with Crippen molar-refractivity contribution in [2.45, 2.75) is 19.4 Å². The van der Waals surface area contributed by atoms with Crippen LogP contribution in [0.3, 0.4) is 0 Å². The molecule has 0 aromatic heterocycles. The summed E-state index contributed by atoms with van der Waals surface area (Å²) < 4.78 is 22.2. The van der Waals surface area contributed by atoms with Gasteiger partial charge in [-0.3, -0.25) is 4.90 Å². The van der Waals surface area contributed by atoms with E-state index in [1.807, 2.05) is 0 Å². The molecule has 0 aromatic carbocycles. The predicted molar refractivity (Wildman–Crippen MR) is 46.5 cm³/mol. The summed E-state index contributed by atoms with van der Waals surface area (Å²) in [4.78, 5) is 1.78. The molecule has 0 bridgehead atoms. The number of rotatable bonds is 2. The first kappa shape index (κ1) is 9.95. The Morgan fingerprint density at radius 3 is 2.75 bits per heavy atom. The van der Waals surface area contributed by atoms with E-state index in [4.69, 9.17) is 5.11 Å². The van der Waals surface area contributed by atoms with Crippen molar-refractivity contribution in [3.63, 3.8) is 0 Å². The third kappa shape index (κ3) is 3.08. The highest BCUT2D eigenvalue weighted by atomic mass is 32.2. The first-order chi connectivity index (χ1) is 5.49. The van der Waals surface area contributed by atoms with Gasteiger partial charge in [-0.25, -0.2) is 8.42 Å². The Bertz CT molecular complexity index is 235. The SMILES string of the molecule is CC(O)CN1CCCS(=O)(=O)C1. The zero-order chi connectivity index (χ0) is 9.19. The van der Waals surface area contributed by atoms with Crippen molar-refractivity contribution in [2.75, 3.05) is 24.7 Å². The summed E-state index contributed by atoms with van der Waals surface area (Å²) in [6, 6.07) is 0. The molecule has 1 fully saturated rings. The summed E-state index contributed by atoms with van der Waals surface area (Å²) in [5.74, 6) is 0.404. The number of hydrogen-bond donors (Lipinski definition) is 1. The number of nitrogens with zero attached hydrogens (tertiary/aromatic N) is 1. The highest BCUT2D eigenvalue weighted by Gasteiger charge is 2.22. The van der Waals surface area contributed by atoms with E-state index in [1.165, 1.54) is 0 Å². The normalized spacial score (nSPS) is 26.8. The molecule has 12 heavy (non-hydrogen) atoms. The molecule has 1 unspecified atom stereocenters. The third-order valence-corrected chi connectivity index (χ3v) is 3.50. The van der Waals surface area contributed by atoms with Crippen LogP contribution in [0.4, 0.5) is 0 Å². The lowest BCUT2D eigenvalue weighted by atomic mass is 10.3. The lowest BCUT2D eigenvalue weighted by Crippen LogP contribution is -2.41. The molecule has 1 saturated heterocycles. The monoisotopic (exact) mass is 193 g/mol. The highest BCUT2D eigenvalue weighted by molar-refractivity contribution is 7.91. The summed E-state index contributed by atoms with van der Waals surface area (Å²) in [5.41, 5.74) is 0. The predicted octanol–water partition coefficient (Wildman–Crippen LogP) is -0.555. The molecule has 1 aliphatic rings. The van der Waals surface area contributed by atoms with Gasteiger partial charge in [0.25, 0.3) is 0 Å². The molecule has 72 valence electrons. The summed E-state index contributed by atoms with van der Waals surface area (Å²) in [6.45, 7) is 2.91. The second-order valence-corrected chi connectivity index (χ2v) is 5.51. The van der Waals surface area contributed by atoms with E-state index < -0.39 is 15.9 Å². The Morgan fingerprint density at radius 2 is 2.25 bits per heavy atom. The minimum absolute atomic E-state index is 0.109. The summed E-state index contributed by atoms with van der Waals surface area (Å²) in [6.07, 6.45) is 0.244. The van der Waals surface area contributed by atoms with Gasteiger partial charge in [0.15, 0.2) is 9.84 Å². The molecule has 0 aromatic rings. The van der Waals surface area contributed by atoms with E-state index in [2.05, 4.69) is 0 Å². The second kappa shape index (κ2) is 3.72. The minimum atomic E-state index is -2.86. The molecular weight excluding hydrogens is 178 g/mol. The minimum Gasteiger partial charge on any atom is -0.392 e. The molecule has 1 atom stereocenters. The fraction of sp³-hybridized carbons (Fsp3) is 1.00. The molecule has 0 radical (unpaired) electrons. The van der Waals surface area contributed by atoms with Gasteiger partial charge in [-0.15, -0.1) is 0 Å². The maximum atomic E-state index is 11.1. The standard InChI is InChI=1S/C7H15NO3S/c1-7(9)5-8-3-2-4-12(10,11)6-8/h7,9H,2-6H2,1H3. The van der Waals surface area contributed by atoms with E-state index in [9.17, 15) is 8.42 Å². The molecule has 5 heteroatoms. The van der Waals surface area contributed by atoms with Crippen LogP contribution < -0.4 is 0 Å². The Labute approximate surface area is 73.1 Å². The lowest BCUT2D eigenvalue weighted by molar-refractivity contribution is 0.135. The highest BCUT2D eigenvalue weighted by Crippen LogP contribution is 2.08. The molecule has 1 heterocycles. The van der Waals surface area contributed by atoms with Crippen LogP contribution in [-0.2, 0) is 9.84 Å². The van der Waals surface area contributed by atoms with Crippen LogP contribution in [0.5, 0.6) is 0 Å². The third-order valence-electron chi connectivity index (χ3n) is 1.83. The molecule has 0 aliphatic carbocycles. The van der Waals surface area contributed by atoms with Crippen molar-refractivity contribution in [2.24, 2.45) is 0 Å². The van der Waals surface area contributed by atoms with E-state index in [0.717, 1.165) is 6.54 Å². The van der Waals surface area contributed by atoms with Gasteiger partial charge >= 0.3 is 0 Å². The quantitative estimate of drug-likeness (QED) is 0.639. The number of hydrogen-bond acceptors (Lipinski definition) is 4. The Morgan fingerprint density at radius 1 is 1.58 bits per heavy atom. The first-order valence-electron chi connectivity index (χ1n) is 4.10. The van der Waals surface area contributed by atoms with Gasteiger partial charge in [0, 0.05) is 13.1 Å². The van der Waals surface area contributed by atoms with Crippen LogP contribution in [0.15, 0.2) is 0 Å². The topological polar surface area (TPSA) is 57.6 Å². The number of aliphatic hydroxyl groups excluding tert-OH is 1. The summed E-state index contributed by atoms with van der Waals surface area (Å²) in [7, 11) is -2.86. The van der Waals surface area contributed by atoms with Crippen molar-refractivity contribution < 1.29 is 13.5 Å². The van der Waals surface area contributed by atoms with Crippen molar-refractivity contribution in [3.05, 3.63) is 0 Å². The van der Waals surface area contributed by atoms with Crippen molar-refractivity contribution >= 4 is 9.84 Å². The number of aliphatic hydroxyl groups is 1. The number of β-amino-alcohol motifs (C(OH)–C–C–N with tert-alkyl or cyclic N) is 1. The fourth-order valence-electron chi connectivity index (χ4n) is 1.43. The van der Waals surface area contributed by atoms with Gasteiger partial charge < -0.3 is 5.11 Å². The van der Waals surface area contributed by atoms with Crippen LogP contribution >= 0.6 is 0 Å². The van der Waals surface area contributed by atoms with Crippen LogP contribution in [0.2, 0.25) is 0 Å². The average Bonchev–Trinajstić information content (AvgIpc) is 1.82. The maximum absolute atomic E-state index is 11.1. The molecule has 4 nitrogen and oxygen atoms in total. The average molecular weight is 193 g/mol. The van der Waals surface area contributed by atoms with Gasteiger partial charge in [-0.05, 0) is 13.3 Å². The summed E-state index contributed by atoms with van der Waals surface area (Å²) >= 11 is 0. The largest absolute Gasteiger partial charge is 0.392 e. The van der Waals surface area contributed by atoms with Crippen molar-refractivity contribution in [1.82, 2.24) is 4.90 Å². The van der Waals surface area contributed by atoms with Crippen LogP contribution in [0, 0.1) is 0 Å². The molecule has 0 spiro atoms. The van der Waals surface area contributed by atoms with E-state index in [-0.39, 0.29) is 5.88 Å². The van der Waals surface area contributed by atoms with Gasteiger partial charge in [0.05, 0.1) is 11.9 Å². The lowest BCUT2D eigenvalue weighted by Gasteiger charge is -2.27. The summed E-state index contributed by atoms with van der Waals surface area (Å²) in [5, 5.41) is 9.04. The van der Waals surface area contributed by atoms with E-state index in [0.29, 0.717) is 18.7 Å². The van der Waals surface area contributed by atoms with Gasteiger partial charge in [0.2, 0.25) is 0 Å². The first-order valence-corrected chi connectivity index (χ1v) is 5.92. The van der Waals surface area contributed by atoms with Crippen molar-refractivity contribution in [1.29, 1.82) is 0 Å². The van der Waals surface area contributed by atoms with Crippen LogP contribution in [0.1, 0.15) is 13.3 Å². The zero-order valence-corrected chi connectivity index (χ0v) is 8.05. The molecule has 0 amide bonds. The van der Waals surface area contributed by atoms with Gasteiger partial charge in [0.1, 0.15) is 5.88 Å². The Kier molecular flexibility index (Phi) is 3.09. The van der Waals surface area contributed by atoms with E-state index >= 15 is 0 Å². The van der Waals surface area contributed by atoms with Gasteiger partial charge in [-0.1, -0.05) is 0 Å². The molecule has 0 saturated carbocycles. The molecular formula is C7H15NO3S. The Balaban J connectivity index is 2.47. The molecule has 1 N–H and O–H groups in total. The smallest absolute Gasteiger partial charge is 0.163 e. The van der Waals surface area contributed by atoms with Crippen LogP contribution in [-0.4, -0.2) is 49.2 Å².